The van der Waals surface area contributed by atoms with Crippen LogP contribution in [0.4, 0.5) is 0 Å². The van der Waals surface area contributed by atoms with E-state index in [1.165, 1.54) is 6.42 Å². The first-order valence-electron chi connectivity index (χ1n) is 6.54. The van der Waals surface area contributed by atoms with Crippen LogP contribution in [0.5, 0.6) is 0 Å². The number of aromatic nitrogens is 2. The van der Waals surface area contributed by atoms with E-state index in [1.807, 2.05) is 13.1 Å². The van der Waals surface area contributed by atoms with E-state index in [4.69, 9.17) is 0 Å². The van der Waals surface area contributed by atoms with E-state index in [0.29, 0.717) is 5.92 Å². The topological polar surface area (TPSA) is 40.8 Å². The smallest absolute Gasteiger partial charge is 0.193 e. The van der Waals surface area contributed by atoms with Gasteiger partial charge in [-0.2, -0.15) is 0 Å². The van der Waals surface area contributed by atoms with Crippen LogP contribution in [-0.4, -0.2) is 38.6 Å². The lowest BCUT2D eigenvalue weighted by Gasteiger charge is -2.33. The molecule has 4 nitrogen and oxygen atoms in total. The van der Waals surface area contributed by atoms with Crippen LogP contribution in [0.2, 0.25) is 0 Å². The summed E-state index contributed by atoms with van der Waals surface area (Å²) in [6, 6.07) is 0. The van der Waals surface area contributed by atoms with Crippen LogP contribution >= 0.6 is 11.3 Å². The molecule has 0 aliphatic carbocycles. The van der Waals surface area contributed by atoms with Crippen LogP contribution in [0.25, 0.3) is 4.96 Å². The van der Waals surface area contributed by atoms with E-state index < -0.39 is 0 Å². The summed E-state index contributed by atoms with van der Waals surface area (Å²) in [5.41, 5.74) is 1.13. The molecule has 0 amide bonds. The lowest BCUT2D eigenvalue weighted by molar-refractivity contribution is 0.0595. The summed E-state index contributed by atoms with van der Waals surface area (Å²) in [6.45, 7) is 4.91. The average molecular weight is 265 g/mol. The SMILES string of the molecule is CC(O)C1CCCN(Cc2cn3ccsc3n2)C1. The molecule has 3 rings (SSSR count). The lowest BCUT2D eigenvalue weighted by atomic mass is 9.93. The number of aliphatic hydroxyl groups is 1. The molecule has 1 N–H and O–H groups in total. The predicted octanol–water partition coefficient (Wildman–Crippen LogP) is 1.99. The van der Waals surface area contributed by atoms with Crippen LogP contribution in [-0.2, 0) is 6.54 Å². The Morgan fingerprint density at radius 1 is 1.61 bits per heavy atom. The summed E-state index contributed by atoms with van der Waals surface area (Å²) in [6.07, 6.45) is 6.28. The summed E-state index contributed by atoms with van der Waals surface area (Å²) in [5.74, 6) is 0.419. The molecule has 2 aromatic rings. The van der Waals surface area contributed by atoms with Gasteiger partial charge in [0.25, 0.3) is 0 Å². The van der Waals surface area contributed by atoms with Gasteiger partial charge in [-0.3, -0.25) is 9.30 Å². The summed E-state index contributed by atoms with van der Waals surface area (Å²) < 4.78 is 2.08. The molecule has 0 bridgehead atoms. The molecule has 0 saturated carbocycles. The van der Waals surface area contributed by atoms with Crippen molar-refractivity contribution in [3.05, 3.63) is 23.5 Å². The van der Waals surface area contributed by atoms with Crippen LogP contribution in [0.3, 0.4) is 0 Å². The number of hydrogen-bond donors (Lipinski definition) is 1. The highest BCUT2D eigenvalue weighted by Crippen LogP contribution is 2.21. The van der Waals surface area contributed by atoms with Crippen LogP contribution < -0.4 is 0 Å². The number of fused-ring (bicyclic) bond motifs is 1. The maximum Gasteiger partial charge on any atom is 0.193 e. The van der Waals surface area contributed by atoms with Gasteiger partial charge in [-0.1, -0.05) is 0 Å². The number of likely N-dealkylation sites (tertiary alicyclic amines) is 1. The third-order valence-electron chi connectivity index (χ3n) is 3.75. The Labute approximate surface area is 111 Å². The maximum absolute atomic E-state index is 9.70. The van der Waals surface area contributed by atoms with Gasteiger partial charge >= 0.3 is 0 Å². The minimum Gasteiger partial charge on any atom is -0.393 e. The largest absolute Gasteiger partial charge is 0.393 e. The predicted molar refractivity (Wildman–Crippen MR) is 72.8 cm³/mol. The number of piperidine rings is 1. The zero-order valence-electron chi connectivity index (χ0n) is 10.6. The Balaban J connectivity index is 1.67. The molecule has 2 unspecified atom stereocenters. The molecule has 2 aromatic heterocycles. The molecule has 3 heterocycles. The first-order chi connectivity index (χ1) is 8.72. The summed E-state index contributed by atoms with van der Waals surface area (Å²) in [4.78, 5) is 8.09. The summed E-state index contributed by atoms with van der Waals surface area (Å²) in [5, 5.41) is 11.7. The van der Waals surface area contributed by atoms with Crippen molar-refractivity contribution in [2.75, 3.05) is 13.1 Å². The van der Waals surface area contributed by atoms with Crippen molar-refractivity contribution in [3.63, 3.8) is 0 Å². The lowest BCUT2D eigenvalue weighted by Crippen LogP contribution is -2.39. The average Bonchev–Trinajstić information content (AvgIpc) is 2.90. The highest BCUT2D eigenvalue weighted by Gasteiger charge is 2.23. The van der Waals surface area contributed by atoms with E-state index in [1.54, 1.807) is 11.3 Å². The van der Waals surface area contributed by atoms with Gasteiger partial charge in [-0.15, -0.1) is 11.3 Å². The highest BCUT2D eigenvalue weighted by molar-refractivity contribution is 7.15. The number of imidazole rings is 1. The van der Waals surface area contributed by atoms with Gasteiger partial charge in [-0.25, -0.2) is 4.98 Å². The normalized spacial score (nSPS) is 23.6. The Morgan fingerprint density at radius 3 is 3.28 bits per heavy atom. The third kappa shape index (κ3) is 2.43. The monoisotopic (exact) mass is 265 g/mol. The number of rotatable bonds is 3. The molecule has 1 fully saturated rings. The van der Waals surface area contributed by atoms with E-state index in [9.17, 15) is 5.11 Å². The van der Waals surface area contributed by atoms with Crippen molar-refractivity contribution in [1.29, 1.82) is 0 Å². The zero-order valence-corrected chi connectivity index (χ0v) is 11.4. The molecule has 0 radical (unpaired) electrons. The van der Waals surface area contributed by atoms with Crippen molar-refractivity contribution in [2.24, 2.45) is 5.92 Å². The third-order valence-corrected chi connectivity index (χ3v) is 4.52. The van der Waals surface area contributed by atoms with Crippen LogP contribution in [0.15, 0.2) is 17.8 Å². The van der Waals surface area contributed by atoms with Crippen molar-refractivity contribution in [1.82, 2.24) is 14.3 Å². The number of aliphatic hydroxyl groups excluding tert-OH is 1. The molecule has 5 heteroatoms. The first kappa shape index (κ1) is 12.1. The number of nitrogens with zero attached hydrogens (tertiary/aromatic N) is 3. The molecule has 18 heavy (non-hydrogen) atoms. The second kappa shape index (κ2) is 4.99. The molecule has 0 aromatic carbocycles. The molecule has 1 saturated heterocycles. The van der Waals surface area contributed by atoms with Gasteiger partial charge in [0, 0.05) is 30.9 Å². The van der Waals surface area contributed by atoms with Crippen LogP contribution in [0, 0.1) is 5.92 Å². The van der Waals surface area contributed by atoms with Gasteiger partial charge in [0.1, 0.15) is 0 Å². The Bertz CT molecular complexity index is 491. The fraction of sp³-hybridized carbons (Fsp3) is 0.615. The molecule has 98 valence electrons. The quantitative estimate of drug-likeness (QED) is 0.922. The first-order valence-corrected chi connectivity index (χ1v) is 7.42. The maximum atomic E-state index is 9.70. The number of thiazole rings is 1. The van der Waals surface area contributed by atoms with Gasteiger partial charge < -0.3 is 5.11 Å². The Hall–Kier alpha value is -0.910. The van der Waals surface area contributed by atoms with Crippen molar-refractivity contribution < 1.29 is 5.11 Å². The van der Waals surface area contributed by atoms with E-state index in [2.05, 4.69) is 25.9 Å². The standard InChI is InChI=1S/C13H19N3OS/c1-10(17)11-3-2-4-15(7-11)8-12-9-16-5-6-18-13(16)14-12/h5-6,9-11,17H,2-4,7-8H2,1H3. The van der Waals surface area contributed by atoms with Crippen molar-refractivity contribution >= 4 is 16.3 Å². The minimum atomic E-state index is -0.196. The van der Waals surface area contributed by atoms with Crippen molar-refractivity contribution in [3.8, 4) is 0 Å². The summed E-state index contributed by atoms with van der Waals surface area (Å²) >= 11 is 1.67. The minimum absolute atomic E-state index is 0.196. The molecule has 1 aliphatic rings. The summed E-state index contributed by atoms with van der Waals surface area (Å²) in [7, 11) is 0. The highest BCUT2D eigenvalue weighted by atomic mass is 32.1. The van der Waals surface area contributed by atoms with Gasteiger partial charge in [0.2, 0.25) is 0 Å². The van der Waals surface area contributed by atoms with Crippen molar-refractivity contribution in [2.45, 2.75) is 32.4 Å². The zero-order chi connectivity index (χ0) is 12.5. The Kier molecular flexibility index (Phi) is 3.37. The molecule has 0 spiro atoms. The van der Waals surface area contributed by atoms with Gasteiger partial charge in [0.15, 0.2) is 4.96 Å². The second-order valence-electron chi connectivity index (χ2n) is 5.20. The van der Waals surface area contributed by atoms with Gasteiger partial charge in [0.05, 0.1) is 11.8 Å². The van der Waals surface area contributed by atoms with Gasteiger partial charge in [-0.05, 0) is 32.2 Å². The second-order valence-corrected chi connectivity index (χ2v) is 6.08. The molecule has 1 aliphatic heterocycles. The van der Waals surface area contributed by atoms with E-state index in [-0.39, 0.29) is 6.10 Å². The Morgan fingerprint density at radius 2 is 2.50 bits per heavy atom. The molecular weight excluding hydrogens is 246 g/mol. The number of hydrogen-bond acceptors (Lipinski definition) is 4. The molecular formula is C13H19N3OS. The van der Waals surface area contributed by atoms with E-state index >= 15 is 0 Å². The van der Waals surface area contributed by atoms with Crippen LogP contribution in [0.1, 0.15) is 25.5 Å². The fourth-order valence-electron chi connectivity index (χ4n) is 2.71. The van der Waals surface area contributed by atoms with E-state index in [0.717, 1.165) is 36.7 Å². The fourth-order valence-corrected chi connectivity index (χ4v) is 3.43. The molecule has 2 atom stereocenters.